The van der Waals surface area contributed by atoms with Crippen LogP contribution >= 0.6 is 0 Å². The molecule has 1 unspecified atom stereocenters. The molecule has 0 saturated carbocycles. The van der Waals surface area contributed by atoms with Crippen molar-refractivity contribution in [2.24, 2.45) is 0 Å². The Hall–Kier alpha value is -2.27. The van der Waals surface area contributed by atoms with Crippen LogP contribution in [-0.4, -0.2) is 21.3 Å². The molecular formula is C18H22FNO3. The summed E-state index contributed by atoms with van der Waals surface area (Å²) in [6, 6.07) is 10.1. The monoisotopic (exact) mass is 319 g/mol. The fourth-order valence-corrected chi connectivity index (χ4v) is 2.39. The Labute approximate surface area is 136 Å². The zero-order chi connectivity index (χ0) is 16.8. The number of hydrogen-bond acceptors (Lipinski definition) is 4. The fraction of sp³-hybridized carbons (Fsp3) is 0.333. The van der Waals surface area contributed by atoms with E-state index in [2.05, 4.69) is 5.32 Å². The van der Waals surface area contributed by atoms with Crippen LogP contribution in [0.2, 0.25) is 0 Å². The van der Waals surface area contributed by atoms with Gasteiger partial charge in [0, 0.05) is 24.2 Å². The molecule has 0 bridgehead atoms. The van der Waals surface area contributed by atoms with Gasteiger partial charge in [-0.05, 0) is 42.8 Å². The average Bonchev–Trinajstić information content (AvgIpc) is 2.59. The summed E-state index contributed by atoms with van der Waals surface area (Å²) in [4.78, 5) is 0. The number of hydrogen-bond donors (Lipinski definition) is 1. The van der Waals surface area contributed by atoms with Crippen LogP contribution in [0.5, 0.6) is 17.2 Å². The maximum atomic E-state index is 13.5. The zero-order valence-corrected chi connectivity index (χ0v) is 13.9. The van der Waals surface area contributed by atoms with Gasteiger partial charge < -0.3 is 19.5 Å². The molecule has 124 valence electrons. The zero-order valence-electron chi connectivity index (χ0n) is 13.9. The van der Waals surface area contributed by atoms with Crippen molar-refractivity contribution in [1.29, 1.82) is 0 Å². The van der Waals surface area contributed by atoms with Crippen LogP contribution in [0, 0.1) is 5.82 Å². The normalized spacial score (nSPS) is 11.9. The summed E-state index contributed by atoms with van der Waals surface area (Å²) < 4.78 is 29.3. The van der Waals surface area contributed by atoms with E-state index in [0.717, 1.165) is 22.6 Å². The van der Waals surface area contributed by atoms with Gasteiger partial charge in [0.1, 0.15) is 23.1 Å². The quantitative estimate of drug-likeness (QED) is 0.844. The third kappa shape index (κ3) is 4.36. The maximum absolute atomic E-state index is 13.5. The predicted octanol–water partition coefficient (Wildman–Crippen LogP) is 3.70. The van der Waals surface area contributed by atoms with Crippen molar-refractivity contribution < 1.29 is 18.6 Å². The van der Waals surface area contributed by atoms with Crippen molar-refractivity contribution in [3.8, 4) is 17.2 Å². The van der Waals surface area contributed by atoms with Crippen LogP contribution < -0.4 is 19.5 Å². The lowest BCUT2D eigenvalue weighted by molar-refractivity contribution is 0.391. The molecule has 0 aromatic heterocycles. The van der Waals surface area contributed by atoms with Gasteiger partial charge in [0.2, 0.25) is 0 Å². The first kappa shape index (κ1) is 17.1. The highest BCUT2D eigenvalue weighted by atomic mass is 19.1. The summed E-state index contributed by atoms with van der Waals surface area (Å²) >= 11 is 0. The SMILES string of the molecule is COc1cc(CNC(C)c2cc(F)ccc2OC)cc(OC)c1. The highest BCUT2D eigenvalue weighted by molar-refractivity contribution is 5.39. The number of rotatable bonds is 7. The van der Waals surface area contributed by atoms with Gasteiger partial charge in [-0.2, -0.15) is 0 Å². The van der Waals surface area contributed by atoms with Crippen molar-refractivity contribution >= 4 is 0 Å². The summed E-state index contributed by atoms with van der Waals surface area (Å²) in [6.07, 6.45) is 0. The summed E-state index contributed by atoms with van der Waals surface area (Å²) in [6.45, 7) is 2.56. The van der Waals surface area contributed by atoms with E-state index in [1.165, 1.54) is 12.1 Å². The summed E-state index contributed by atoms with van der Waals surface area (Å²) in [7, 11) is 4.81. The number of ether oxygens (including phenoxy) is 3. The highest BCUT2D eigenvalue weighted by Crippen LogP contribution is 2.27. The van der Waals surface area contributed by atoms with Gasteiger partial charge in [0.15, 0.2) is 0 Å². The van der Waals surface area contributed by atoms with Crippen LogP contribution in [0.25, 0.3) is 0 Å². The van der Waals surface area contributed by atoms with Crippen LogP contribution in [0.3, 0.4) is 0 Å². The van der Waals surface area contributed by atoms with Gasteiger partial charge in [-0.25, -0.2) is 4.39 Å². The second-order valence-corrected chi connectivity index (χ2v) is 5.21. The topological polar surface area (TPSA) is 39.7 Å². The van der Waals surface area contributed by atoms with E-state index in [1.54, 1.807) is 27.4 Å². The van der Waals surface area contributed by atoms with Gasteiger partial charge >= 0.3 is 0 Å². The van der Waals surface area contributed by atoms with E-state index < -0.39 is 0 Å². The molecule has 0 saturated heterocycles. The second-order valence-electron chi connectivity index (χ2n) is 5.21. The minimum absolute atomic E-state index is 0.0714. The van der Waals surface area contributed by atoms with Crippen molar-refractivity contribution in [3.63, 3.8) is 0 Å². The Morgan fingerprint density at radius 1 is 0.957 bits per heavy atom. The molecule has 0 amide bonds. The van der Waals surface area contributed by atoms with Crippen LogP contribution in [0.15, 0.2) is 36.4 Å². The second kappa shape index (κ2) is 7.83. The van der Waals surface area contributed by atoms with Crippen molar-refractivity contribution in [3.05, 3.63) is 53.3 Å². The molecule has 2 rings (SSSR count). The molecule has 0 aliphatic rings. The maximum Gasteiger partial charge on any atom is 0.123 e. The standard InChI is InChI=1S/C18H22FNO3/c1-12(17-9-14(19)5-6-18(17)23-4)20-11-13-7-15(21-2)10-16(8-13)22-3/h5-10,12,20H,11H2,1-4H3. The lowest BCUT2D eigenvalue weighted by atomic mass is 10.1. The van der Waals surface area contributed by atoms with Crippen LogP contribution in [0.1, 0.15) is 24.1 Å². The Morgan fingerprint density at radius 3 is 2.17 bits per heavy atom. The lowest BCUT2D eigenvalue weighted by Gasteiger charge is -2.18. The summed E-state index contributed by atoms with van der Waals surface area (Å²) in [5, 5.41) is 3.36. The first-order valence-corrected chi connectivity index (χ1v) is 7.36. The third-order valence-electron chi connectivity index (χ3n) is 3.68. The van der Waals surface area contributed by atoms with E-state index in [0.29, 0.717) is 12.3 Å². The largest absolute Gasteiger partial charge is 0.497 e. The van der Waals surface area contributed by atoms with Gasteiger partial charge in [-0.3, -0.25) is 0 Å². The molecule has 0 radical (unpaired) electrons. The molecule has 2 aromatic rings. The third-order valence-corrected chi connectivity index (χ3v) is 3.68. The molecule has 1 N–H and O–H groups in total. The van der Waals surface area contributed by atoms with Gasteiger partial charge in [0.25, 0.3) is 0 Å². The number of methoxy groups -OCH3 is 3. The number of halogens is 1. The van der Waals surface area contributed by atoms with Crippen molar-refractivity contribution in [2.75, 3.05) is 21.3 Å². The molecule has 2 aromatic carbocycles. The van der Waals surface area contributed by atoms with Crippen molar-refractivity contribution in [1.82, 2.24) is 5.32 Å². The fourth-order valence-electron chi connectivity index (χ4n) is 2.39. The highest BCUT2D eigenvalue weighted by Gasteiger charge is 2.12. The first-order valence-electron chi connectivity index (χ1n) is 7.36. The molecule has 0 aliphatic heterocycles. The Kier molecular flexibility index (Phi) is 5.82. The van der Waals surface area contributed by atoms with Gasteiger partial charge in [-0.1, -0.05) is 0 Å². The Balaban J connectivity index is 2.13. The molecule has 23 heavy (non-hydrogen) atoms. The number of nitrogens with one attached hydrogen (secondary N) is 1. The summed E-state index contributed by atoms with van der Waals surface area (Å²) in [5.74, 6) is 1.85. The van der Waals surface area contributed by atoms with E-state index in [4.69, 9.17) is 14.2 Å². The van der Waals surface area contributed by atoms with E-state index in [-0.39, 0.29) is 11.9 Å². The molecular weight excluding hydrogens is 297 g/mol. The predicted molar refractivity (Wildman–Crippen MR) is 87.8 cm³/mol. The van der Waals surface area contributed by atoms with Crippen LogP contribution in [-0.2, 0) is 6.54 Å². The molecule has 0 spiro atoms. The van der Waals surface area contributed by atoms with E-state index in [1.807, 2.05) is 25.1 Å². The van der Waals surface area contributed by atoms with E-state index in [9.17, 15) is 4.39 Å². The smallest absolute Gasteiger partial charge is 0.123 e. The minimum Gasteiger partial charge on any atom is -0.497 e. The first-order chi connectivity index (χ1) is 11.1. The van der Waals surface area contributed by atoms with Crippen molar-refractivity contribution in [2.45, 2.75) is 19.5 Å². The minimum atomic E-state index is -0.280. The molecule has 0 aliphatic carbocycles. The Morgan fingerprint density at radius 2 is 1.61 bits per heavy atom. The van der Waals surface area contributed by atoms with Crippen LogP contribution in [0.4, 0.5) is 4.39 Å². The molecule has 0 fully saturated rings. The van der Waals surface area contributed by atoms with Gasteiger partial charge in [-0.15, -0.1) is 0 Å². The Bertz CT molecular complexity index is 638. The average molecular weight is 319 g/mol. The molecule has 4 nitrogen and oxygen atoms in total. The molecule has 5 heteroatoms. The molecule has 1 atom stereocenters. The molecule has 0 heterocycles. The van der Waals surface area contributed by atoms with Gasteiger partial charge in [0.05, 0.1) is 21.3 Å². The number of benzene rings is 2. The summed E-state index contributed by atoms with van der Waals surface area (Å²) in [5.41, 5.74) is 1.80. The lowest BCUT2D eigenvalue weighted by Crippen LogP contribution is -2.19. The van der Waals surface area contributed by atoms with E-state index >= 15 is 0 Å².